The molecule has 2 aromatic carbocycles. The van der Waals surface area contributed by atoms with Crippen molar-refractivity contribution in [3.63, 3.8) is 0 Å². The van der Waals surface area contributed by atoms with Gasteiger partial charge in [0.1, 0.15) is 6.10 Å². The van der Waals surface area contributed by atoms with E-state index in [0.29, 0.717) is 0 Å². The summed E-state index contributed by atoms with van der Waals surface area (Å²) < 4.78 is 0. The summed E-state index contributed by atoms with van der Waals surface area (Å²) >= 11 is 5.57. The first kappa shape index (κ1) is 12.4. The van der Waals surface area contributed by atoms with Crippen molar-refractivity contribution < 1.29 is 10.2 Å². The highest BCUT2D eigenvalue weighted by Gasteiger charge is 2.19. The Balaban J connectivity index is 2.59. The molecule has 0 radical (unpaired) electrons. The molecule has 0 heterocycles. The van der Waals surface area contributed by atoms with E-state index in [-0.39, 0.29) is 5.88 Å². The lowest BCUT2D eigenvalue weighted by Gasteiger charge is -2.18. The number of rotatable bonds is 3. The van der Waals surface area contributed by atoms with Crippen molar-refractivity contribution in [3.8, 4) is 0 Å². The predicted molar refractivity (Wildman–Crippen MR) is 70.4 cm³/mol. The summed E-state index contributed by atoms with van der Waals surface area (Å²) in [5.74, 6) is 0.0172. The van der Waals surface area contributed by atoms with Crippen molar-refractivity contribution >= 4 is 22.4 Å². The predicted octanol–water partition coefficient (Wildman–Crippen LogP) is 2.78. The largest absolute Gasteiger partial charge is 0.389 e. The van der Waals surface area contributed by atoms with Crippen LogP contribution >= 0.6 is 11.6 Å². The van der Waals surface area contributed by atoms with Crippen molar-refractivity contribution in [1.82, 2.24) is 0 Å². The Morgan fingerprint density at radius 3 is 2.35 bits per heavy atom. The van der Waals surface area contributed by atoms with E-state index < -0.39 is 12.2 Å². The Labute approximate surface area is 105 Å². The Morgan fingerprint density at radius 2 is 1.71 bits per heavy atom. The van der Waals surface area contributed by atoms with Gasteiger partial charge < -0.3 is 10.2 Å². The van der Waals surface area contributed by atoms with Gasteiger partial charge in [-0.1, -0.05) is 36.4 Å². The summed E-state index contributed by atoms with van der Waals surface area (Å²) in [5.41, 5.74) is 1.87. The van der Waals surface area contributed by atoms with Gasteiger partial charge >= 0.3 is 0 Å². The van der Waals surface area contributed by atoms with Crippen LogP contribution in [0, 0.1) is 6.92 Å². The molecule has 2 rings (SSSR count). The van der Waals surface area contributed by atoms with Gasteiger partial charge in [-0.2, -0.15) is 0 Å². The number of aliphatic hydroxyl groups is 2. The molecular formula is C14H15ClO2. The molecule has 0 aliphatic heterocycles. The van der Waals surface area contributed by atoms with Crippen LogP contribution in [0.3, 0.4) is 0 Å². The second-order valence-corrected chi connectivity index (χ2v) is 4.49. The van der Waals surface area contributed by atoms with Gasteiger partial charge in [0.05, 0.1) is 12.0 Å². The van der Waals surface area contributed by atoms with Crippen molar-refractivity contribution in [2.24, 2.45) is 0 Å². The topological polar surface area (TPSA) is 40.5 Å². The zero-order valence-corrected chi connectivity index (χ0v) is 10.4. The van der Waals surface area contributed by atoms with Gasteiger partial charge in [-0.25, -0.2) is 0 Å². The number of hydrogen-bond acceptors (Lipinski definition) is 2. The van der Waals surface area contributed by atoms with E-state index in [1.165, 1.54) is 0 Å². The number of aliphatic hydroxyl groups excluding tert-OH is 2. The fraction of sp³-hybridized carbons (Fsp3) is 0.286. The van der Waals surface area contributed by atoms with Gasteiger partial charge in [0.25, 0.3) is 0 Å². The van der Waals surface area contributed by atoms with E-state index in [4.69, 9.17) is 11.6 Å². The molecule has 0 aromatic heterocycles. The first-order valence-corrected chi connectivity index (χ1v) is 6.09. The Hall–Kier alpha value is -1.09. The molecule has 0 saturated carbocycles. The van der Waals surface area contributed by atoms with E-state index in [9.17, 15) is 10.2 Å². The number of halogens is 1. The highest BCUT2D eigenvalue weighted by atomic mass is 35.5. The van der Waals surface area contributed by atoms with E-state index in [0.717, 1.165) is 21.9 Å². The van der Waals surface area contributed by atoms with Crippen molar-refractivity contribution in [1.29, 1.82) is 0 Å². The highest BCUT2D eigenvalue weighted by Crippen LogP contribution is 2.28. The maximum Gasteiger partial charge on any atom is 0.107 e. The average molecular weight is 251 g/mol. The smallest absolute Gasteiger partial charge is 0.107 e. The molecule has 0 saturated heterocycles. The first-order valence-electron chi connectivity index (χ1n) is 5.55. The van der Waals surface area contributed by atoms with E-state index in [1.54, 1.807) is 0 Å². The van der Waals surface area contributed by atoms with Gasteiger partial charge in [0.2, 0.25) is 0 Å². The number of benzene rings is 2. The van der Waals surface area contributed by atoms with Crippen LogP contribution in [0.15, 0.2) is 36.4 Å². The molecule has 2 unspecified atom stereocenters. The summed E-state index contributed by atoms with van der Waals surface area (Å²) in [4.78, 5) is 0. The highest BCUT2D eigenvalue weighted by molar-refractivity contribution is 6.18. The molecule has 90 valence electrons. The normalized spacial score (nSPS) is 14.8. The summed E-state index contributed by atoms with van der Waals surface area (Å²) in [6.45, 7) is 2.02. The second kappa shape index (κ2) is 5.05. The number of hydrogen-bond donors (Lipinski definition) is 2. The quantitative estimate of drug-likeness (QED) is 0.823. The van der Waals surface area contributed by atoms with Crippen LogP contribution in [0.25, 0.3) is 10.8 Å². The maximum absolute atomic E-state index is 10.0. The van der Waals surface area contributed by atoms with Crippen molar-refractivity contribution in [2.45, 2.75) is 19.1 Å². The third-order valence-electron chi connectivity index (χ3n) is 3.02. The summed E-state index contributed by atoms with van der Waals surface area (Å²) in [6, 6.07) is 11.6. The lowest BCUT2D eigenvalue weighted by Crippen LogP contribution is -2.19. The van der Waals surface area contributed by atoms with E-state index in [1.807, 2.05) is 43.3 Å². The molecule has 3 heteroatoms. The van der Waals surface area contributed by atoms with Gasteiger partial charge in [-0.15, -0.1) is 11.6 Å². The number of aryl methyl sites for hydroxylation is 1. The standard InChI is InChI=1S/C14H15ClO2/c1-9-6-7-12(14(17)13(16)8-15)11-5-3-2-4-10(9)11/h2-7,13-14,16-17H,8H2,1H3. The maximum atomic E-state index is 10.0. The molecule has 0 spiro atoms. The lowest BCUT2D eigenvalue weighted by molar-refractivity contribution is 0.0336. The second-order valence-electron chi connectivity index (χ2n) is 4.18. The van der Waals surface area contributed by atoms with Crippen molar-refractivity contribution in [2.75, 3.05) is 5.88 Å². The minimum absolute atomic E-state index is 0.0172. The Bertz CT molecular complexity index is 525. The molecule has 0 bridgehead atoms. The van der Waals surface area contributed by atoms with Gasteiger partial charge in [0.15, 0.2) is 0 Å². The van der Waals surface area contributed by atoms with Crippen molar-refractivity contribution in [3.05, 3.63) is 47.5 Å². The third-order valence-corrected chi connectivity index (χ3v) is 3.33. The van der Waals surface area contributed by atoms with E-state index in [2.05, 4.69) is 0 Å². The molecule has 0 fully saturated rings. The summed E-state index contributed by atoms with van der Waals surface area (Å²) in [6.07, 6.45) is -1.89. The minimum atomic E-state index is -0.946. The van der Waals surface area contributed by atoms with E-state index >= 15 is 0 Å². The molecule has 0 aliphatic rings. The Kier molecular flexibility index (Phi) is 3.67. The third kappa shape index (κ3) is 2.29. The minimum Gasteiger partial charge on any atom is -0.389 e. The number of alkyl halides is 1. The number of fused-ring (bicyclic) bond motifs is 1. The first-order chi connectivity index (χ1) is 8.15. The van der Waals surface area contributed by atoms with Crippen LogP contribution < -0.4 is 0 Å². The van der Waals surface area contributed by atoms with Gasteiger partial charge in [0, 0.05) is 0 Å². The molecule has 0 amide bonds. The summed E-state index contributed by atoms with van der Waals surface area (Å²) in [5, 5.41) is 21.7. The fourth-order valence-corrected chi connectivity index (χ4v) is 2.19. The molecule has 2 N–H and O–H groups in total. The molecule has 2 aromatic rings. The van der Waals surface area contributed by atoms with Gasteiger partial charge in [-0.05, 0) is 28.8 Å². The zero-order chi connectivity index (χ0) is 12.4. The Morgan fingerprint density at radius 1 is 1.06 bits per heavy atom. The molecule has 17 heavy (non-hydrogen) atoms. The van der Waals surface area contributed by atoms with Crippen LogP contribution in [0.2, 0.25) is 0 Å². The fourth-order valence-electron chi connectivity index (χ4n) is 2.02. The molecular weight excluding hydrogens is 236 g/mol. The van der Waals surface area contributed by atoms with Crippen LogP contribution in [-0.2, 0) is 0 Å². The van der Waals surface area contributed by atoms with Crippen LogP contribution in [0.1, 0.15) is 17.2 Å². The zero-order valence-electron chi connectivity index (χ0n) is 9.60. The van der Waals surface area contributed by atoms with Crippen LogP contribution in [-0.4, -0.2) is 22.2 Å². The molecule has 0 aliphatic carbocycles. The monoisotopic (exact) mass is 250 g/mol. The molecule has 2 nitrogen and oxygen atoms in total. The average Bonchev–Trinajstić information content (AvgIpc) is 2.38. The van der Waals surface area contributed by atoms with Crippen LogP contribution in [0.5, 0.6) is 0 Å². The SMILES string of the molecule is Cc1ccc(C(O)C(O)CCl)c2ccccc12. The van der Waals surface area contributed by atoms with Gasteiger partial charge in [-0.3, -0.25) is 0 Å². The van der Waals surface area contributed by atoms with Crippen LogP contribution in [0.4, 0.5) is 0 Å². The summed E-state index contributed by atoms with van der Waals surface area (Å²) in [7, 11) is 0. The molecule has 2 atom stereocenters. The lowest BCUT2D eigenvalue weighted by atomic mass is 9.95.